The van der Waals surface area contributed by atoms with Gasteiger partial charge in [0.25, 0.3) is 0 Å². The predicted molar refractivity (Wildman–Crippen MR) is 58.1 cm³/mol. The summed E-state index contributed by atoms with van der Waals surface area (Å²) >= 11 is 4.02. The van der Waals surface area contributed by atoms with Crippen LogP contribution >= 0.6 is 33.9 Å². The summed E-state index contributed by atoms with van der Waals surface area (Å²) in [5, 5.41) is 0. The van der Waals surface area contributed by atoms with Crippen LogP contribution in [0.25, 0.3) is 10.6 Å². The van der Waals surface area contributed by atoms with E-state index in [-0.39, 0.29) is 0 Å². The molecule has 2 rings (SSSR count). The number of halogens is 1. The van der Waals surface area contributed by atoms with E-state index < -0.39 is 0 Å². The lowest BCUT2D eigenvalue weighted by Crippen LogP contribution is -1.79. The second-order valence-electron chi connectivity index (χ2n) is 2.19. The van der Waals surface area contributed by atoms with Crippen molar-refractivity contribution in [1.82, 2.24) is 9.97 Å². The predicted octanol–water partition coefficient (Wildman–Crippen LogP) is 2.81. The Morgan fingerprint density at radius 1 is 1.25 bits per heavy atom. The maximum absolute atomic E-state index is 4.21. The van der Waals surface area contributed by atoms with Gasteiger partial charge in [-0.1, -0.05) is 0 Å². The highest BCUT2D eigenvalue weighted by molar-refractivity contribution is 14.1. The van der Waals surface area contributed by atoms with E-state index in [9.17, 15) is 0 Å². The second-order valence-corrected chi connectivity index (χ2v) is 5.17. The molecule has 0 bridgehead atoms. The average Bonchev–Trinajstić information content (AvgIpc) is 2.54. The number of nitrogens with zero attached hydrogens (tertiary/aromatic N) is 2. The molecule has 0 aliphatic carbocycles. The molecule has 0 aliphatic heterocycles. The van der Waals surface area contributed by atoms with Crippen molar-refractivity contribution >= 4 is 33.9 Å². The van der Waals surface area contributed by atoms with Crippen LogP contribution < -0.4 is 0 Å². The maximum Gasteiger partial charge on any atom is 0.0985 e. The molecule has 2 aromatic heterocycles. The summed E-state index contributed by atoms with van der Waals surface area (Å²) in [6.45, 7) is 0. The molecule has 0 aromatic carbocycles. The van der Waals surface area contributed by atoms with Gasteiger partial charge in [0.15, 0.2) is 0 Å². The molecular formula is C8H5IN2S. The molecule has 2 nitrogen and oxygen atoms in total. The molecule has 12 heavy (non-hydrogen) atoms. The van der Waals surface area contributed by atoms with Crippen molar-refractivity contribution in [3.63, 3.8) is 0 Å². The van der Waals surface area contributed by atoms with Gasteiger partial charge in [0, 0.05) is 12.4 Å². The van der Waals surface area contributed by atoms with Crippen molar-refractivity contribution in [2.24, 2.45) is 0 Å². The highest BCUT2D eigenvalue weighted by atomic mass is 127. The summed E-state index contributed by atoms with van der Waals surface area (Å²) in [6.07, 6.45) is 5.17. The first kappa shape index (κ1) is 8.12. The van der Waals surface area contributed by atoms with Crippen LogP contribution in [0.4, 0.5) is 0 Å². The SMILES string of the molecule is Ic1ccc(-c2cnccn2)s1. The first-order chi connectivity index (χ1) is 5.86. The van der Waals surface area contributed by atoms with Crippen LogP contribution in [0.15, 0.2) is 30.7 Å². The Bertz CT molecular complexity index is 372. The fourth-order valence-corrected chi connectivity index (χ4v) is 2.46. The summed E-state index contributed by atoms with van der Waals surface area (Å²) in [5.41, 5.74) is 0.949. The van der Waals surface area contributed by atoms with Gasteiger partial charge in [-0.15, -0.1) is 11.3 Å². The molecule has 0 amide bonds. The molecule has 0 atom stereocenters. The standard InChI is InChI=1S/C8H5IN2S/c9-8-2-1-7(12-8)6-5-10-3-4-11-6/h1-5H. The number of thiophene rings is 1. The van der Waals surface area contributed by atoms with Gasteiger partial charge in [-0.05, 0) is 34.7 Å². The Hall–Kier alpha value is -0.490. The fraction of sp³-hybridized carbons (Fsp3) is 0. The second kappa shape index (κ2) is 3.49. The van der Waals surface area contributed by atoms with Gasteiger partial charge in [0.2, 0.25) is 0 Å². The molecule has 60 valence electrons. The van der Waals surface area contributed by atoms with E-state index in [1.54, 1.807) is 29.9 Å². The van der Waals surface area contributed by atoms with Gasteiger partial charge in [-0.3, -0.25) is 9.97 Å². The Morgan fingerprint density at radius 2 is 2.17 bits per heavy atom. The molecule has 0 fully saturated rings. The Balaban J connectivity index is 2.45. The van der Waals surface area contributed by atoms with Crippen molar-refractivity contribution < 1.29 is 0 Å². The van der Waals surface area contributed by atoms with Crippen LogP contribution in [0, 0.1) is 2.88 Å². The van der Waals surface area contributed by atoms with Gasteiger partial charge < -0.3 is 0 Å². The molecule has 2 aromatic rings. The van der Waals surface area contributed by atoms with Crippen LogP contribution in [-0.2, 0) is 0 Å². The van der Waals surface area contributed by atoms with Crippen molar-refractivity contribution in [1.29, 1.82) is 0 Å². The zero-order chi connectivity index (χ0) is 8.39. The molecule has 0 saturated heterocycles. The normalized spacial score (nSPS) is 10.1. The van der Waals surface area contributed by atoms with Gasteiger partial charge in [0.05, 0.1) is 19.7 Å². The minimum atomic E-state index is 0.949. The van der Waals surface area contributed by atoms with Crippen molar-refractivity contribution in [3.8, 4) is 10.6 Å². The molecular weight excluding hydrogens is 283 g/mol. The third kappa shape index (κ3) is 1.64. The van der Waals surface area contributed by atoms with Crippen LogP contribution in [0.5, 0.6) is 0 Å². The van der Waals surface area contributed by atoms with Gasteiger partial charge in [0.1, 0.15) is 0 Å². The van der Waals surface area contributed by atoms with Crippen molar-refractivity contribution in [2.45, 2.75) is 0 Å². The number of aromatic nitrogens is 2. The van der Waals surface area contributed by atoms with Gasteiger partial charge in [-0.2, -0.15) is 0 Å². The number of hydrogen-bond donors (Lipinski definition) is 0. The number of hydrogen-bond acceptors (Lipinski definition) is 3. The van der Waals surface area contributed by atoms with E-state index >= 15 is 0 Å². The third-order valence-corrected chi connectivity index (χ3v) is 3.31. The van der Waals surface area contributed by atoms with E-state index in [1.165, 1.54) is 7.76 Å². The van der Waals surface area contributed by atoms with E-state index in [2.05, 4.69) is 44.7 Å². The van der Waals surface area contributed by atoms with Crippen molar-refractivity contribution in [2.75, 3.05) is 0 Å². The van der Waals surface area contributed by atoms with Gasteiger partial charge >= 0.3 is 0 Å². The minimum Gasteiger partial charge on any atom is -0.261 e. The third-order valence-electron chi connectivity index (χ3n) is 1.39. The molecule has 0 N–H and O–H groups in total. The average molecular weight is 288 g/mol. The Kier molecular flexibility index (Phi) is 2.36. The first-order valence-corrected chi connectivity index (χ1v) is 5.27. The molecule has 0 saturated carbocycles. The summed E-state index contributed by atoms with van der Waals surface area (Å²) in [7, 11) is 0. The van der Waals surface area contributed by atoms with Crippen LogP contribution in [0.1, 0.15) is 0 Å². The molecule has 0 aliphatic rings. The van der Waals surface area contributed by atoms with Crippen LogP contribution in [-0.4, -0.2) is 9.97 Å². The summed E-state index contributed by atoms with van der Waals surface area (Å²) in [6, 6.07) is 4.14. The quantitative estimate of drug-likeness (QED) is 0.754. The topological polar surface area (TPSA) is 25.8 Å². The molecule has 4 heteroatoms. The van der Waals surface area contributed by atoms with Gasteiger partial charge in [-0.25, -0.2) is 0 Å². The van der Waals surface area contributed by atoms with Crippen LogP contribution in [0.3, 0.4) is 0 Å². The monoisotopic (exact) mass is 288 g/mol. The zero-order valence-electron chi connectivity index (χ0n) is 6.07. The zero-order valence-corrected chi connectivity index (χ0v) is 9.04. The van der Waals surface area contributed by atoms with E-state index in [0.29, 0.717) is 0 Å². The van der Waals surface area contributed by atoms with Crippen molar-refractivity contribution in [3.05, 3.63) is 33.6 Å². The lowest BCUT2D eigenvalue weighted by Gasteiger charge is -1.91. The van der Waals surface area contributed by atoms with Crippen LogP contribution in [0.2, 0.25) is 0 Å². The highest BCUT2D eigenvalue weighted by Crippen LogP contribution is 2.26. The van der Waals surface area contributed by atoms with E-state index in [0.717, 1.165) is 5.69 Å². The fourth-order valence-electron chi connectivity index (χ4n) is 0.878. The Labute approximate surface area is 87.8 Å². The largest absolute Gasteiger partial charge is 0.261 e. The molecule has 0 radical (unpaired) electrons. The molecule has 0 spiro atoms. The summed E-state index contributed by atoms with van der Waals surface area (Å²) in [5.74, 6) is 0. The molecule has 2 heterocycles. The smallest absolute Gasteiger partial charge is 0.0985 e. The first-order valence-electron chi connectivity index (χ1n) is 3.38. The summed E-state index contributed by atoms with van der Waals surface area (Å²) < 4.78 is 1.27. The lowest BCUT2D eigenvalue weighted by molar-refractivity contribution is 1.21. The van der Waals surface area contributed by atoms with E-state index in [4.69, 9.17) is 0 Å². The number of rotatable bonds is 1. The lowest BCUT2D eigenvalue weighted by atomic mass is 10.4. The Morgan fingerprint density at radius 3 is 2.75 bits per heavy atom. The summed E-state index contributed by atoms with van der Waals surface area (Å²) in [4.78, 5) is 9.39. The molecule has 0 unspecified atom stereocenters. The highest BCUT2D eigenvalue weighted by Gasteiger charge is 2.00. The minimum absolute atomic E-state index is 0.949. The maximum atomic E-state index is 4.21. The van der Waals surface area contributed by atoms with E-state index in [1.807, 2.05) is 0 Å².